The summed E-state index contributed by atoms with van der Waals surface area (Å²) in [5.74, 6) is 0.210. The Balaban J connectivity index is 2.14. The molecular formula is C21H27N3O9S2. The van der Waals surface area contributed by atoms with Crippen molar-refractivity contribution in [2.45, 2.75) is 31.3 Å². The quantitative estimate of drug-likeness (QED) is 0.297. The Morgan fingerprint density at radius 2 is 1.74 bits per heavy atom. The second-order valence-corrected chi connectivity index (χ2v) is 11.6. The van der Waals surface area contributed by atoms with Gasteiger partial charge < -0.3 is 14.2 Å². The van der Waals surface area contributed by atoms with Crippen LogP contribution in [0.1, 0.15) is 16.7 Å². The van der Waals surface area contributed by atoms with Crippen molar-refractivity contribution in [3.05, 3.63) is 47.0 Å². The van der Waals surface area contributed by atoms with Crippen molar-refractivity contribution in [2.75, 3.05) is 26.7 Å². The largest absolute Gasteiger partial charge is 0.497 e. The zero-order chi connectivity index (χ0) is 26.0. The predicted octanol–water partition coefficient (Wildman–Crippen LogP) is 0.655. The molecule has 1 aliphatic rings. The molecule has 0 fully saturated rings. The van der Waals surface area contributed by atoms with E-state index < -0.39 is 38.5 Å². The van der Waals surface area contributed by atoms with Gasteiger partial charge in [-0.05, 0) is 54.8 Å². The maximum atomic E-state index is 14.0. The summed E-state index contributed by atoms with van der Waals surface area (Å²) in [6.07, 6.45) is 0.870. The van der Waals surface area contributed by atoms with Gasteiger partial charge in [-0.3, -0.25) is 10.0 Å². The Bertz CT molecular complexity index is 1300. The minimum Gasteiger partial charge on any atom is -0.497 e. The van der Waals surface area contributed by atoms with Crippen LogP contribution < -0.4 is 24.4 Å². The van der Waals surface area contributed by atoms with Gasteiger partial charge in [-0.15, -0.1) is 0 Å². The molecule has 1 amide bonds. The van der Waals surface area contributed by atoms with Gasteiger partial charge in [0.2, 0.25) is 26.8 Å². The fourth-order valence-corrected chi connectivity index (χ4v) is 6.22. The lowest BCUT2D eigenvalue weighted by Gasteiger charge is -2.30. The fraction of sp³-hybridized carbons (Fsp3) is 0.381. The van der Waals surface area contributed by atoms with Gasteiger partial charge in [0.15, 0.2) is 11.5 Å². The van der Waals surface area contributed by atoms with E-state index in [4.69, 9.17) is 14.2 Å². The number of amides is 1. The molecule has 0 saturated heterocycles. The number of hydrogen-bond acceptors (Lipinski definition) is 9. The Labute approximate surface area is 203 Å². The number of nitrogens with one attached hydrogen (secondary N) is 2. The summed E-state index contributed by atoms with van der Waals surface area (Å²) >= 11 is 0. The smallest absolute Gasteiger partial charge is 0.263 e. The molecule has 3 rings (SSSR count). The minimum absolute atomic E-state index is 0.0128. The van der Waals surface area contributed by atoms with Gasteiger partial charge in [-0.25, -0.2) is 27.0 Å². The topological polar surface area (TPSA) is 161 Å². The first kappa shape index (κ1) is 26.7. The van der Waals surface area contributed by atoms with Crippen LogP contribution in [0, 0.1) is 13.8 Å². The van der Waals surface area contributed by atoms with Gasteiger partial charge in [-0.1, -0.05) is 6.07 Å². The van der Waals surface area contributed by atoms with E-state index in [0.29, 0.717) is 33.9 Å². The van der Waals surface area contributed by atoms with E-state index in [0.717, 1.165) is 10.6 Å². The molecule has 14 heteroatoms. The minimum atomic E-state index is -4.42. The first-order chi connectivity index (χ1) is 16.4. The zero-order valence-electron chi connectivity index (χ0n) is 19.6. The monoisotopic (exact) mass is 529 g/mol. The third-order valence-corrected chi connectivity index (χ3v) is 8.16. The number of nitrogens with zero attached hydrogens (tertiary/aromatic N) is 1. The van der Waals surface area contributed by atoms with E-state index in [1.807, 2.05) is 0 Å². The number of methoxy groups -OCH3 is 1. The highest BCUT2D eigenvalue weighted by molar-refractivity contribution is 7.89. The van der Waals surface area contributed by atoms with Gasteiger partial charge in [0, 0.05) is 13.1 Å². The number of carbonyl (C=O) groups is 1. The van der Waals surface area contributed by atoms with Crippen molar-refractivity contribution in [1.29, 1.82) is 0 Å². The van der Waals surface area contributed by atoms with Crippen molar-refractivity contribution < 1.29 is 41.0 Å². The summed E-state index contributed by atoms with van der Waals surface area (Å²) in [6.45, 7) is 2.21. The molecule has 35 heavy (non-hydrogen) atoms. The highest BCUT2D eigenvalue weighted by Gasteiger charge is 2.38. The standard InChI is InChI=1S/C21H27N3O9S2/c1-13-7-16(31-3)8-14(2)20(13)35(29,30)24(17(21(25)23-26)10-22-34(4,27)28)11-15-5-6-18-19(9-15)33-12-32-18/h5-9,17,22,26H,10-12H2,1-4H3,(H,23,25)/t17-/m1/s1. The van der Waals surface area contributed by atoms with Crippen LogP contribution in [0.25, 0.3) is 0 Å². The number of carbonyl (C=O) groups excluding carboxylic acids is 1. The average molecular weight is 530 g/mol. The second-order valence-electron chi connectivity index (χ2n) is 7.94. The molecule has 12 nitrogen and oxygen atoms in total. The second kappa shape index (κ2) is 10.4. The van der Waals surface area contributed by atoms with Crippen molar-refractivity contribution in [2.24, 2.45) is 0 Å². The Morgan fingerprint density at radius 3 is 2.31 bits per heavy atom. The summed E-state index contributed by atoms with van der Waals surface area (Å²) in [7, 11) is -6.77. The van der Waals surface area contributed by atoms with Crippen LogP contribution in [0.3, 0.4) is 0 Å². The number of ether oxygens (including phenoxy) is 3. The molecule has 0 spiro atoms. The Morgan fingerprint density at radius 1 is 1.11 bits per heavy atom. The van der Waals surface area contributed by atoms with Crippen LogP contribution in [0.5, 0.6) is 17.2 Å². The molecule has 0 radical (unpaired) electrons. The van der Waals surface area contributed by atoms with Gasteiger partial charge in [0.25, 0.3) is 5.91 Å². The maximum absolute atomic E-state index is 14.0. The number of rotatable bonds is 10. The molecule has 1 aliphatic heterocycles. The number of aryl methyl sites for hydroxylation is 2. The number of fused-ring (bicyclic) bond motifs is 1. The van der Waals surface area contributed by atoms with Crippen LogP contribution in [0.15, 0.2) is 35.2 Å². The summed E-state index contributed by atoms with van der Waals surface area (Å²) in [4.78, 5) is 12.6. The normalized spacial score (nSPS) is 14.1. The van der Waals surface area contributed by atoms with E-state index in [1.54, 1.807) is 32.0 Å². The van der Waals surface area contributed by atoms with E-state index in [1.165, 1.54) is 24.7 Å². The van der Waals surface area contributed by atoms with Crippen LogP contribution >= 0.6 is 0 Å². The van der Waals surface area contributed by atoms with Crippen LogP contribution in [-0.2, 0) is 31.4 Å². The lowest BCUT2D eigenvalue weighted by Crippen LogP contribution is -2.53. The average Bonchev–Trinajstić information content (AvgIpc) is 3.24. The van der Waals surface area contributed by atoms with Crippen LogP contribution in [0.2, 0.25) is 0 Å². The summed E-state index contributed by atoms with van der Waals surface area (Å²) in [5.41, 5.74) is 2.59. The van der Waals surface area contributed by atoms with Gasteiger partial charge >= 0.3 is 0 Å². The van der Waals surface area contributed by atoms with E-state index in [-0.39, 0.29) is 18.2 Å². The first-order valence-electron chi connectivity index (χ1n) is 10.3. The summed E-state index contributed by atoms with van der Waals surface area (Å²) in [6, 6.07) is 6.20. The molecule has 2 aromatic rings. The van der Waals surface area contributed by atoms with Crippen molar-refractivity contribution in [3.63, 3.8) is 0 Å². The van der Waals surface area contributed by atoms with Crippen molar-refractivity contribution in [3.8, 4) is 17.2 Å². The fourth-order valence-electron chi connectivity index (χ4n) is 3.76. The third kappa shape index (κ3) is 6.02. The maximum Gasteiger partial charge on any atom is 0.263 e. The molecule has 1 atom stereocenters. The molecule has 0 unspecified atom stereocenters. The molecule has 0 bridgehead atoms. The van der Waals surface area contributed by atoms with E-state index >= 15 is 0 Å². The highest BCUT2D eigenvalue weighted by atomic mass is 32.2. The van der Waals surface area contributed by atoms with Gasteiger partial charge in [0.1, 0.15) is 11.8 Å². The first-order valence-corrected chi connectivity index (χ1v) is 13.6. The molecule has 3 N–H and O–H groups in total. The van der Waals surface area contributed by atoms with Crippen molar-refractivity contribution >= 4 is 26.0 Å². The van der Waals surface area contributed by atoms with Crippen LogP contribution in [0.4, 0.5) is 0 Å². The number of hydrogen-bond donors (Lipinski definition) is 3. The molecule has 192 valence electrons. The number of benzene rings is 2. The lowest BCUT2D eigenvalue weighted by atomic mass is 10.1. The van der Waals surface area contributed by atoms with E-state index in [9.17, 15) is 26.8 Å². The number of hydroxylamine groups is 1. The lowest BCUT2D eigenvalue weighted by molar-refractivity contribution is -0.133. The SMILES string of the molecule is COc1cc(C)c(S(=O)(=O)N(Cc2ccc3c(c2)OCO3)[C@H](CNS(C)(=O)=O)C(=O)NO)c(C)c1. The predicted molar refractivity (Wildman–Crippen MR) is 124 cm³/mol. The van der Waals surface area contributed by atoms with Gasteiger partial charge in [0.05, 0.1) is 18.3 Å². The Kier molecular flexibility index (Phi) is 7.91. The molecule has 2 aromatic carbocycles. The third-order valence-electron chi connectivity index (χ3n) is 5.31. The van der Waals surface area contributed by atoms with E-state index in [2.05, 4.69) is 4.72 Å². The van der Waals surface area contributed by atoms with Crippen LogP contribution in [-0.4, -0.2) is 65.0 Å². The molecule has 0 aliphatic carbocycles. The van der Waals surface area contributed by atoms with Crippen molar-refractivity contribution in [1.82, 2.24) is 14.5 Å². The Hall–Kier alpha value is -2.91. The van der Waals surface area contributed by atoms with Gasteiger partial charge in [-0.2, -0.15) is 4.31 Å². The summed E-state index contributed by atoms with van der Waals surface area (Å²) < 4.78 is 70.3. The number of sulfonamides is 2. The summed E-state index contributed by atoms with van der Waals surface area (Å²) in [5, 5.41) is 9.34. The molecule has 0 saturated carbocycles. The zero-order valence-corrected chi connectivity index (χ0v) is 21.2. The molecule has 0 aromatic heterocycles. The molecular weight excluding hydrogens is 502 g/mol. The highest BCUT2D eigenvalue weighted by Crippen LogP contribution is 2.35. The molecule has 1 heterocycles.